The summed E-state index contributed by atoms with van der Waals surface area (Å²) in [6.45, 7) is 0. The quantitative estimate of drug-likeness (QED) is 0.436. The lowest BCUT2D eigenvalue weighted by molar-refractivity contribution is 1.25. The molecule has 0 fully saturated rings. The van der Waals surface area contributed by atoms with Crippen LogP contribution in [0.2, 0.25) is 5.15 Å². The normalized spacial score (nSPS) is 9.75. The third-order valence-electron chi connectivity index (χ3n) is 1.18. The average Bonchev–Trinajstić information content (AvgIpc) is 2.03. The summed E-state index contributed by atoms with van der Waals surface area (Å²) in [6.07, 6.45) is 1.68. The van der Waals surface area contributed by atoms with Crippen LogP contribution < -0.4 is 5.73 Å². The number of hydrogen-bond donors (Lipinski definition) is 2. The summed E-state index contributed by atoms with van der Waals surface area (Å²) in [7, 11) is 0. The molecule has 64 valence electrons. The maximum absolute atomic E-state index is 6.98. The van der Waals surface area contributed by atoms with E-state index < -0.39 is 0 Å². The summed E-state index contributed by atoms with van der Waals surface area (Å²) in [5.74, 6) is 0.666. The monoisotopic (exact) mass is 201 g/mol. The fourth-order valence-electron chi connectivity index (χ4n) is 0.653. The van der Waals surface area contributed by atoms with Gasteiger partial charge in [-0.05, 0) is 11.6 Å². The number of nitrogens with zero attached hydrogens (tertiary/aromatic N) is 1. The minimum Gasteiger partial charge on any atom is -0.379 e. The number of pyridine rings is 1. The van der Waals surface area contributed by atoms with Gasteiger partial charge in [-0.3, -0.25) is 5.41 Å². The van der Waals surface area contributed by atoms with Crippen molar-refractivity contribution in [1.29, 1.82) is 5.41 Å². The van der Waals surface area contributed by atoms with Gasteiger partial charge >= 0.3 is 0 Å². The summed E-state index contributed by atoms with van der Waals surface area (Å²) in [5.41, 5.74) is 6.18. The number of hydrogen-bond acceptors (Lipinski definition) is 3. The Labute approximate surface area is 79.8 Å². The molecule has 0 unspecified atom stereocenters. The fourth-order valence-corrected chi connectivity index (χ4v) is 1.26. The minimum absolute atomic E-state index is 0.116. The first-order valence-corrected chi connectivity index (χ1v) is 4.62. The van der Waals surface area contributed by atoms with Gasteiger partial charge in [0.25, 0.3) is 0 Å². The summed E-state index contributed by atoms with van der Waals surface area (Å²) in [6, 6.07) is 3.59. The number of aromatic nitrogens is 1. The van der Waals surface area contributed by atoms with Crippen molar-refractivity contribution in [3.63, 3.8) is 0 Å². The summed E-state index contributed by atoms with van der Waals surface area (Å²) in [4.78, 5) is 3.90. The van der Waals surface area contributed by atoms with Crippen LogP contribution in [0.15, 0.2) is 18.3 Å². The van der Waals surface area contributed by atoms with E-state index in [9.17, 15) is 0 Å². The molecule has 0 aliphatic heterocycles. The van der Waals surface area contributed by atoms with Gasteiger partial charge in [0.2, 0.25) is 0 Å². The van der Waals surface area contributed by atoms with Crippen molar-refractivity contribution < 1.29 is 0 Å². The first-order chi connectivity index (χ1) is 5.68. The number of amidine groups is 1. The predicted octanol–water partition coefficient (Wildman–Crippen LogP) is 1.86. The molecule has 1 aromatic heterocycles. The molecule has 0 aliphatic carbocycles. The van der Waals surface area contributed by atoms with Crippen molar-refractivity contribution in [2.24, 2.45) is 5.73 Å². The molecule has 0 radical (unpaired) electrons. The Kier molecular flexibility index (Phi) is 3.37. The van der Waals surface area contributed by atoms with Gasteiger partial charge in [0.1, 0.15) is 5.15 Å². The Morgan fingerprint density at radius 2 is 2.42 bits per heavy atom. The predicted molar refractivity (Wildman–Crippen MR) is 52.5 cm³/mol. The van der Waals surface area contributed by atoms with E-state index in [1.165, 1.54) is 11.8 Å². The zero-order valence-electron chi connectivity index (χ0n) is 6.25. The molecule has 0 bridgehead atoms. The van der Waals surface area contributed by atoms with Gasteiger partial charge in [-0.25, -0.2) is 4.98 Å². The SMILES string of the molecule is N=C(N)SCc1ccc(Cl)nc1. The van der Waals surface area contributed by atoms with Crippen molar-refractivity contribution >= 4 is 28.5 Å². The Morgan fingerprint density at radius 1 is 1.67 bits per heavy atom. The molecule has 0 spiro atoms. The largest absolute Gasteiger partial charge is 0.379 e. The molecule has 1 aromatic rings. The smallest absolute Gasteiger partial charge is 0.151 e. The van der Waals surface area contributed by atoms with E-state index in [1.807, 2.05) is 6.07 Å². The van der Waals surface area contributed by atoms with Crippen LogP contribution in [0.4, 0.5) is 0 Å². The number of nitrogens with two attached hydrogens (primary N) is 1. The van der Waals surface area contributed by atoms with Gasteiger partial charge in [-0.15, -0.1) is 0 Å². The van der Waals surface area contributed by atoms with Crippen molar-refractivity contribution in [3.05, 3.63) is 29.0 Å². The zero-order valence-corrected chi connectivity index (χ0v) is 7.82. The van der Waals surface area contributed by atoms with E-state index in [-0.39, 0.29) is 5.17 Å². The van der Waals surface area contributed by atoms with Crippen LogP contribution in [0.5, 0.6) is 0 Å². The van der Waals surface area contributed by atoms with E-state index in [0.717, 1.165) is 5.56 Å². The average molecular weight is 202 g/mol. The lowest BCUT2D eigenvalue weighted by atomic mass is 10.3. The second kappa shape index (κ2) is 4.33. The van der Waals surface area contributed by atoms with Crippen LogP contribution >= 0.6 is 23.4 Å². The first-order valence-electron chi connectivity index (χ1n) is 3.26. The second-order valence-electron chi connectivity index (χ2n) is 2.14. The van der Waals surface area contributed by atoms with Gasteiger partial charge < -0.3 is 5.73 Å². The second-order valence-corrected chi connectivity index (χ2v) is 3.55. The highest BCUT2D eigenvalue weighted by Crippen LogP contribution is 2.12. The third kappa shape index (κ3) is 3.11. The summed E-state index contributed by atoms with van der Waals surface area (Å²) < 4.78 is 0. The van der Waals surface area contributed by atoms with Gasteiger partial charge in [-0.2, -0.15) is 0 Å². The third-order valence-corrected chi connectivity index (χ3v) is 2.20. The highest BCUT2D eigenvalue weighted by atomic mass is 35.5. The molecule has 0 aromatic carbocycles. The molecule has 3 nitrogen and oxygen atoms in total. The minimum atomic E-state index is 0.116. The summed E-state index contributed by atoms with van der Waals surface area (Å²) >= 11 is 6.86. The number of nitrogens with one attached hydrogen (secondary N) is 1. The van der Waals surface area contributed by atoms with Crippen LogP contribution in [0.1, 0.15) is 5.56 Å². The molecule has 3 N–H and O–H groups in total. The first kappa shape index (κ1) is 9.35. The molecule has 5 heteroatoms. The Bertz CT molecular complexity index is 272. The van der Waals surface area contributed by atoms with Gasteiger partial charge in [0.15, 0.2) is 5.17 Å². The highest BCUT2D eigenvalue weighted by molar-refractivity contribution is 8.13. The zero-order chi connectivity index (χ0) is 8.97. The topological polar surface area (TPSA) is 62.8 Å². The fraction of sp³-hybridized carbons (Fsp3) is 0.143. The van der Waals surface area contributed by atoms with Gasteiger partial charge in [0, 0.05) is 11.9 Å². The molecule has 1 rings (SSSR count). The molecule has 12 heavy (non-hydrogen) atoms. The van der Waals surface area contributed by atoms with Crippen LogP contribution in [-0.4, -0.2) is 10.2 Å². The Morgan fingerprint density at radius 3 is 2.92 bits per heavy atom. The van der Waals surface area contributed by atoms with Crippen LogP contribution in [0.3, 0.4) is 0 Å². The van der Waals surface area contributed by atoms with E-state index in [1.54, 1.807) is 12.3 Å². The number of thioether (sulfide) groups is 1. The van der Waals surface area contributed by atoms with E-state index >= 15 is 0 Å². The molecular formula is C7H8ClN3S. The van der Waals surface area contributed by atoms with E-state index in [0.29, 0.717) is 10.9 Å². The molecular weight excluding hydrogens is 194 g/mol. The van der Waals surface area contributed by atoms with Crippen molar-refractivity contribution in [3.8, 4) is 0 Å². The van der Waals surface area contributed by atoms with Crippen molar-refractivity contribution in [2.45, 2.75) is 5.75 Å². The standard InChI is InChI=1S/C7H8ClN3S/c8-6-2-1-5(3-11-6)4-12-7(9)10/h1-3H,4H2,(H3,9,10). The maximum atomic E-state index is 6.98. The van der Waals surface area contributed by atoms with Gasteiger partial charge in [0.05, 0.1) is 0 Å². The number of halogens is 1. The summed E-state index contributed by atoms with van der Waals surface area (Å²) in [5, 5.41) is 7.57. The van der Waals surface area contributed by atoms with Crippen LogP contribution in [-0.2, 0) is 5.75 Å². The van der Waals surface area contributed by atoms with E-state index in [2.05, 4.69) is 4.98 Å². The van der Waals surface area contributed by atoms with Crippen LogP contribution in [0, 0.1) is 5.41 Å². The van der Waals surface area contributed by atoms with Gasteiger partial charge in [-0.1, -0.05) is 29.4 Å². The molecule has 1 heterocycles. The lowest BCUT2D eigenvalue weighted by Crippen LogP contribution is -2.03. The maximum Gasteiger partial charge on any atom is 0.151 e. The van der Waals surface area contributed by atoms with Crippen molar-refractivity contribution in [2.75, 3.05) is 0 Å². The van der Waals surface area contributed by atoms with E-state index in [4.69, 9.17) is 22.7 Å². The molecule has 0 aliphatic rings. The van der Waals surface area contributed by atoms with Crippen molar-refractivity contribution in [1.82, 2.24) is 4.98 Å². The molecule has 0 saturated heterocycles. The number of rotatable bonds is 2. The molecule has 0 saturated carbocycles. The Balaban J connectivity index is 2.53. The Hall–Kier alpha value is -0.740. The molecule has 0 atom stereocenters. The lowest BCUT2D eigenvalue weighted by Gasteiger charge is -1.98. The highest BCUT2D eigenvalue weighted by Gasteiger charge is 1.95. The van der Waals surface area contributed by atoms with Crippen LogP contribution in [0.25, 0.3) is 0 Å². The molecule has 0 amide bonds.